The maximum Gasteiger partial charge on any atom is 0.217 e. The number of halogens is 4. The predicted octanol–water partition coefficient (Wildman–Crippen LogP) is 4.91. The Hall–Kier alpha value is -1.34. The smallest absolute Gasteiger partial charge is 0.217 e. The van der Waals surface area contributed by atoms with Crippen LogP contribution in [0.25, 0.3) is 11.3 Å². The van der Waals surface area contributed by atoms with Crippen molar-refractivity contribution in [1.82, 2.24) is 4.98 Å². The summed E-state index contributed by atoms with van der Waals surface area (Å²) in [6.07, 6.45) is -0.0455. The van der Waals surface area contributed by atoms with Crippen molar-refractivity contribution in [2.75, 3.05) is 0 Å². The summed E-state index contributed by atoms with van der Waals surface area (Å²) in [5.41, 5.74) is 0.871. The average molecular weight is 316 g/mol. The zero-order valence-corrected chi connectivity index (χ0v) is 11.7. The van der Waals surface area contributed by atoms with Crippen molar-refractivity contribution in [2.45, 2.75) is 6.42 Å². The van der Waals surface area contributed by atoms with Crippen LogP contribution in [0.3, 0.4) is 0 Å². The molecule has 0 amide bonds. The van der Waals surface area contributed by atoms with Crippen LogP contribution in [-0.2, 0) is 6.42 Å². The van der Waals surface area contributed by atoms with E-state index in [-0.39, 0.29) is 22.7 Å². The van der Waals surface area contributed by atoms with Crippen LogP contribution >= 0.6 is 34.8 Å². The molecule has 0 fully saturated rings. The maximum atomic E-state index is 13.7. The van der Waals surface area contributed by atoms with E-state index in [2.05, 4.69) is 4.98 Å². The average Bonchev–Trinajstić information content (AvgIpc) is 2.38. The molecule has 0 spiro atoms. The van der Waals surface area contributed by atoms with Gasteiger partial charge in [0.25, 0.3) is 0 Å². The van der Waals surface area contributed by atoms with Gasteiger partial charge in [-0.2, -0.15) is 9.65 Å². The van der Waals surface area contributed by atoms with Gasteiger partial charge in [0, 0.05) is 11.1 Å². The number of aromatic nitrogens is 1. The van der Waals surface area contributed by atoms with Crippen LogP contribution in [0.1, 0.15) is 5.56 Å². The third-order valence-electron chi connectivity index (χ3n) is 2.50. The molecule has 1 aromatic carbocycles. The van der Waals surface area contributed by atoms with Gasteiger partial charge in [-0.25, -0.2) is 4.98 Å². The van der Waals surface area contributed by atoms with E-state index < -0.39 is 5.95 Å². The van der Waals surface area contributed by atoms with E-state index in [9.17, 15) is 4.39 Å². The van der Waals surface area contributed by atoms with Gasteiger partial charge in [0.15, 0.2) is 0 Å². The Bertz CT molecular complexity index is 680. The van der Waals surface area contributed by atoms with Crippen molar-refractivity contribution < 1.29 is 4.39 Å². The van der Waals surface area contributed by atoms with Gasteiger partial charge in [0.05, 0.1) is 33.3 Å². The fourth-order valence-electron chi connectivity index (χ4n) is 1.58. The molecule has 0 radical (unpaired) electrons. The Kier molecular flexibility index (Phi) is 4.26. The fourth-order valence-corrected chi connectivity index (χ4v) is 2.30. The molecule has 0 aliphatic heterocycles. The van der Waals surface area contributed by atoms with E-state index >= 15 is 0 Å². The normalized spacial score (nSPS) is 10.3. The first-order chi connectivity index (χ1) is 9.04. The standard InChI is InChI=1S/C13H6Cl3FN2/c14-8-2-3-9(15)12(16)11(8)10-4-1-7(5-6-18)13(17)19-10/h1-4H,5H2. The lowest BCUT2D eigenvalue weighted by Gasteiger charge is -2.08. The van der Waals surface area contributed by atoms with Crippen LogP contribution in [0.15, 0.2) is 24.3 Å². The summed E-state index contributed by atoms with van der Waals surface area (Å²) in [6.45, 7) is 0. The van der Waals surface area contributed by atoms with Crippen molar-refractivity contribution >= 4 is 34.8 Å². The lowest BCUT2D eigenvalue weighted by Crippen LogP contribution is -1.96. The number of benzene rings is 1. The van der Waals surface area contributed by atoms with Gasteiger partial charge in [-0.15, -0.1) is 0 Å². The number of hydrogen-bond acceptors (Lipinski definition) is 2. The first kappa shape index (κ1) is 14.1. The van der Waals surface area contributed by atoms with Gasteiger partial charge < -0.3 is 0 Å². The Balaban J connectivity index is 2.58. The van der Waals surface area contributed by atoms with E-state index in [4.69, 9.17) is 40.1 Å². The largest absolute Gasteiger partial charge is 0.219 e. The van der Waals surface area contributed by atoms with E-state index in [1.807, 2.05) is 6.07 Å². The van der Waals surface area contributed by atoms with Crippen molar-refractivity contribution in [1.29, 1.82) is 5.26 Å². The summed E-state index contributed by atoms with van der Waals surface area (Å²) in [4.78, 5) is 3.78. The zero-order valence-electron chi connectivity index (χ0n) is 9.42. The van der Waals surface area contributed by atoms with Crippen LogP contribution < -0.4 is 0 Å². The summed E-state index contributed by atoms with van der Waals surface area (Å²) in [6, 6.07) is 8.01. The first-order valence-corrected chi connectivity index (χ1v) is 6.34. The van der Waals surface area contributed by atoms with Gasteiger partial charge in [-0.3, -0.25) is 0 Å². The second-order valence-electron chi connectivity index (χ2n) is 3.70. The molecule has 0 unspecified atom stereocenters. The van der Waals surface area contributed by atoms with Crippen LogP contribution in [0, 0.1) is 17.3 Å². The Morgan fingerprint density at radius 3 is 2.42 bits per heavy atom. The van der Waals surface area contributed by atoms with Gasteiger partial charge in [-0.05, 0) is 18.2 Å². The molecular formula is C13H6Cl3FN2. The monoisotopic (exact) mass is 314 g/mol. The molecule has 2 nitrogen and oxygen atoms in total. The van der Waals surface area contributed by atoms with E-state index in [0.29, 0.717) is 15.6 Å². The minimum Gasteiger partial charge on any atom is -0.219 e. The van der Waals surface area contributed by atoms with Crippen LogP contribution in [0.2, 0.25) is 15.1 Å². The summed E-state index contributed by atoms with van der Waals surface area (Å²) in [5, 5.41) is 9.41. The van der Waals surface area contributed by atoms with Crippen molar-refractivity contribution in [3.05, 3.63) is 50.8 Å². The molecule has 19 heavy (non-hydrogen) atoms. The van der Waals surface area contributed by atoms with Gasteiger partial charge >= 0.3 is 0 Å². The van der Waals surface area contributed by atoms with Gasteiger partial charge in [0.2, 0.25) is 5.95 Å². The molecule has 0 atom stereocenters. The highest BCUT2D eigenvalue weighted by molar-refractivity contribution is 6.46. The molecule has 0 saturated heterocycles. The Labute approximate surface area is 124 Å². The van der Waals surface area contributed by atoms with Crippen LogP contribution in [0.4, 0.5) is 4.39 Å². The predicted molar refractivity (Wildman–Crippen MR) is 74.0 cm³/mol. The first-order valence-electron chi connectivity index (χ1n) is 5.21. The zero-order chi connectivity index (χ0) is 14.0. The number of hydrogen-bond donors (Lipinski definition) is 0. The number of pyridine rings is 1. The highest BCUT2D eigenvalue weighted by atomic mass is 35.5. The lowest BCUT2D eigenvalue weighted by molar-refractivity contribution is 0.573. The molecule has 0 saturated carbocycles. The second-order valence-corrected chi connectivity index (χ2v) is 4.89. The lowest BCUT2D eigenvalue weighted by atomic mass is 10.1. The minimum absolute atomic E-state index is 0.0455. The highest BCUT2D eigenvalue weighted by Crippen LogP contribution is 2.38. The van der Waals surface area contributed by atoms with E-state index in [1.54, 1.807) is 18.2 Å². The molecule has 2 rings (SSSR count). The van der Waals surface area contributed by atoms with Crippen molar-refractivity contribution in [2.24, 2.45) is 0 Å². The second kappa shape index (κ2) is 5.75. The van der Waals surface area contributed by atoms with Crippen molar-refractivity contribution in [3.8, 4) is 17.3 Å². The van der Waals surface area contributed by atoms with Crippen LogP contribution in [-0.4, -0.2) is 4.98 Å². The molecular weight excluding hydrogens is 310 g/mol. The third kappa shape index (κ3) is 2.82. The van der Waals surface area contributed by atoms with E-state index in [0.717, 1.165) is 0 Å². The van der Waals surface area contributed by atoms with Gasteiger partial charge in [0.1, 0.15) is 0 Å². The fraction of sp³-hybridized carbons (Fsp3) is 0.0769. The molecule has 96 valence electrons. The number of nitriles is 1. The molecule has 0 aliphatic rings. The van der Waals surface area contributed by atoms with Crippen molar-refractivity contribution in [3.63, 3.8) is 0 Å². The van der Waals surface area contributed by atoms with Gasteiger partial charge in [-0.1, -0.05) is 40.9 Å². The third-order valence-corrected chi connectivity index (χ3v) is 3.61. The quantitative estimate of drug-likeness (QED) is 0.583. The molecule has 1 aromatic heterocycles. The SMILES string of the molecule is N#CCc1ccc(-c2c(Cl)ccc(Cl)c2Cl)nc1F. The molecule has 0 aliphatic carbocycles. The molecule has 0 bridgehead atoms. The molecule has 2 aromatic rings. The number of nitrogens with zero attached hydrogens (tertiary/aromatic N) is 2. The number of rotatable bonds is 2. The molecule has 6 heteroatoms. The minimum atomic E-state index is -0.717. The Morgan fingerprint density at radius 1 is 1.11 bits per heavy atom. The molecule has 1 heterocycles. The molecule has 0 N–H and O–H groups in total. The van der Waals surface area contributed by atoms with E-state index in [1.165, 1.54) is 6.07 Å². The van der Waals surface area contributed by atoms with Crippen LogP contribution in [0.5, 0.6) is 0 Å². The highest BCUT2D eigenvalue weighted by Gasteiger charge is 2.15. The Morgan fingerprint density at radius 2 is 1.79 bits per heavy atom. The summed E-state index contributed by atoms with van der Waals surface area (Å²) >= 11 is 18.0. The summed E-state index contributed by atoms with van der Waals surface area (Å²) in [5.74, 6) is -0.717. The summed E-state index contributed by atoms with van der Waals surface area (Å²) in [7, 11) is 0. The maximum absolute atomic E-state index is 13.7. The summed E-state index contributed by atoms with van der Waals surface area (Å²) < 4.78 is 13.7. The topological polar surface area (TPSA) is 36.7 Å².